The molecule has 40 heavy (non-hydrogen) atoms. The number of carbonyl (C=O) groups is 2. The first-order valence-corrected chi connectivity index (χ1v) is 16.1. The molecule has 2 aliphatic carbocycles. The Hall–Kier alpha value is -2.53. The van der Waals surface area contributed by atoms with E-state index in [4.69, 9.17) is 14.5 Å². The van der Waals surface area contributed by atoms with Gasteiger partial charge in [0.05, 0.1) is 21.6 Å². The first kappa shape index (κ1) is 29.0. The SMILES string of the molecule is COc1cc(C=C2SC(=NC3CCCCC3)N(C3CCCCC3)C2=O)cc(I)c1OCC(=O)Nc1ccccc1. The predicted octanol–water partition coefficient (Wildman–Crippen LogP) is 7.26. The number of halogens is 1. The Morgan fingerprint density at radius 1 is 1.07 bits per heavy atom. The molecule has 2 aromatic carbocycles. The number of nitrogens with zero attached hydrogens (tertiary/aromatic N) is 2. The van der Waals surface area contributed by atoms with E-state index in [1.54, 1.807) is 7.11 Å². The van der Waals surface area contributed by atoms with Crippen LogP contribution in [0.3, 0.4) is 0 Å². The molecule has 2 saturated carbocycles. The number of hydrogen-bond acceptors (Lipinski definition) is 6. The van der Waals surface area contributed by atoms with E-state index in [2.05, 4.69) is 27.9 Å². The standard InChI is InChI=1S/C31H36IN3O4S/c1-38-26-18-21(17-25(32)29(26)39-20-28(36)33-22-11-5-2-6-12-22)19-27-30(37)35(24-15-9-4-10-16-24)31(40-27)34-23-13-7-3-8-14-23/h2,5-6,11-12,17-19,23-24H,3-4,7-10,13-16,20H2,1H3,(H,33,36). The summed E-state index contributed by atoms with van der Waals surface area (Å²) in [6.07, 6.45) is 13.5. The van der Waals surface area contributed by atoms with Gasteiger partial charge in [-0.25, -0.2) is 0 Å². The summed E-state index contributed by atoms with van der Waals surface area (Å²) in [4.78, 5) is 34.0. The number of thioether (sulfide) groups is 1. The third kappa shape index (κ3) is 7.21. The van der Waals surface area contributed by atoms with Crippen molar-refractivity contribution in [3.63, 3.8) is 0 Å². The smallest absolute Gasteiger partial charge is 0.266 e. The quantitative estimate of drug-likeness (QED) is 0.236. The lowest BCUT2D eigenvalue weighted by molar-refractivity contribution is -0.124. The second kappa shape index (κ2) is 13.9. The second-order valence-electron chi connectivity index (χ2n) is 10.5. The molecule has 2 amide bonds. The number of amides is 2. The number of aliphatic imine (C=N–C) groups is 1. The van der Waals surface area contributed by atoms with Crippen LogP contribution in [0, 0.1) is 3.57 Å². The summed E-state index contributed by atoms with van der Waals surface area (Å²) in [6.45, 7) is -0.145. The topological polar surface area (TPSA) is 80.2 Å². The Morgan fingerprint density at radius 3 is 2.48 bits per heavy atom. The first-order valence-electron chi connectivity index (χ1n) is 14.2. The van der Waals surface area contributed by atoms with E-state index in [0.717, 1.165) is 52.8 Å². The van der Waals surface area contributed by atoms with Gasteiger partial charge in [-0.05, 0) is 95.9 Å². The zero-order valence-electron chi connectivity index (χ0n) is 22.9. The molecule has 0 bridgehead atoms. The van der Waals surface area contributed by atoms with Crippen molar-refractivity contribution < 1.29 is 19.1 Å². The van der Waals surface area contributed by atoms with E-state index < -0.39 is 0 Å². The Bertz CT molecular complexity index is 1270. The van der Waals surface area contributed by atoms with Crippen LogP contribution in [0.4, 0.5) is 5.69 Å². The molecule has 9 heteroatoms. The van der Waals surface area contributed by atoms with E-state index in [9.17, 15) is 9.59 Å². The van der Waals surface area contributed by atoms with Crippen molar-refractivity contribution in [3.05, 3.63) is 56.5 Å². The number of rotatable bonds is 8. The van der Waals surface area contributed by atoms with Gasteiger partial charge in [-0.3, -0.25) is 19.5 Å². The van der Waals surface area contributed by atoms with Crippen LogP contribution in [-0.4, -0.2) is 47.7 Å². The third-order valence-corrected chi connectivity index (χ3v) is 9.40. The van der Waals surface area contributed by atoms with Crippen molar-refractivity contribution in [1.82, 2.24) is 4.90 Å². The average Bonchev–Trinajstić information content (AvgIpc) is 3.27. The number of hydrogen-bond donors (Lipinski definition) is 1. The van der Waals surface area contributed by atoms with Crippen LogP contribution in [0.2, 0.25) is 0 Å². The molecule has 3 aliphatic rings. The van der Waals surface area contributed by atoms with Gasteiger partial charge in [0.15, 0.2) is 23.3 Å². The van der Waals surface area contributed by atoms with Gasteiger partial charge >= 0.3 is 0 Å². The van der Waals surface area contributed by atoms with Crippen molar-refractivity contribution >= 4 is 63.1 Å². The molecule has 0 atom stereocenters. The van der Waals surface area contributed by atoms with Gasteiger partial charge in [0, 0.05) is 11.7 Å². The van der Waals surface area contributed by atoms with E-state index in [-0.39, 0.29) is 24.5 Å². The molecule has 0 unspecified atom stereocenters. The summed E-state index contributed by atoms with van der Waals surface area (Å²) in [5, 5.41) is 3.70. The fourth-order valence-electron chi connectivity index (χ4n) is 5.57. The van der Waals surface area contributed by atoms with Gasteiger partial charge in [0.2, 0.25) is 0 Å². The van der Waals surface area contributed by atoms with Gasteiger partial charge in [-0.2, -0.15) is 0 Å². The molecule has 0 aromatic heterocycles. The van der Waals surface area contributed by atoms with Crippen LogP contribution in [0.15, 0.2) is 52.4 Å². The molecule has 7 nitrogen and oxygen atoms in total. The van der Waals surface area contributed by atoms with Crippen molar-refractivity contribution in [2.75, 3.05) is 19.0 Å². The number of benzene rings is 2. The molecule has 1 N–H and O–H groups in total. The number of amidine groups is 1. The van der Waals surface area contributed by atoms with E-state index in [1.807, 2.05) is 53.4 Å². The lowest BCUT2D eigenvalue weighted by Gasteiger charge is -2.31. The van der Waals surface area contributed by atoms with Gasteiger partial charge in [-0.15, -0.1) is 0 Å². The highest BCUT2D eigenvalue weighted by Crippen LogP contribution is 2.40. The molecular weight excluding hydrogens is 637 g/mol. The zero-order valence-corrected chi connectivity index (χ0v) is 25.8. The van der Waals surface area contributed by atoms with E-state index in [1.165, 1.54) is 37.4 Å². The van der Waals surface area contributed by atoms with Crippen LogP contribution in [-0.2, 0) is 9.59 Å². The molecule has 2 aromatic rings. The second-order valence-corrected chi connectivity index (χ2v) is 12.7. The largest absolute Gasteiger partial charge is 0.493 e. The van der Waals surface area contributed by atoms with Crippen molar-refractivity contribution in [2.45, 2.75) is 76.3 Å². The molecule has 212 valence electrons. The number of para-hydroxylation sites is 1. The summed E-state index contributed by atoms with van der Waals surface area (Å²) < 4.78 is 12.3. The first-order chi connectivity index (χ1) is 19.5. The number of anilines is 1. The minimum atomic E-state index is -0.254. The van der Waals surface area contributed by atoms with Crippen molar-refractivity contribution in [3.8, 4) is 11.5 Å². The lowest BCUT2D eigenvalue weighted by Crippen LogP contribution is -2.41. The number of methoxy groups -OCH3 is 1. The summed E-state index contributed by atoms with van der Waals surface area (Å²) in [5.41, 5.74) is 1.56. The number of ether oxygens (including phenoxy) is 2. The minimum Gasteiger partial charge on any atom is -0.493 e. The molecule has 1 heterocycles. The molecule has 3 fully saturated rings. The molecule has 0 radical (unpaired) electrons. The fraction of sp³-hybridized carbons (Fsp3) is 0.452. The Labute approximate surface area is 254 Å². The zero-order chi connectivity index (χ0) is 27.9. The minimum absolute atomic E-state index is 0.0540. The monoisotopic (exact) mass is 673 g/mol. The normalized spacial score (nSPS) is 20.8. The lowest BCUT2D eigenvalue weighted by atomic mass is 9.94. The van der Waals surface area contributed by atoms with E-state index >= 15 is 0 Å². The van der Waals surface area contributed by atoms with Gasteiger partial charge in [0.1, 0.15) is 0 Å². The molecule has 1 saturated heterocycles. The van der Waals surface area contributed by atoms with Crippen molar-refractivity contribution in [1.29, 1.82) is 0 Å². The molecule has 5 rings (SSSR count). The highest BCUT2D eigenvalue weighted by atomic mass is 127. The highest BCUT2D eigenvalue weighted by molar-refractivity contribution is 14.1. The maximum Gasteiger partial charge on any atom is 0.266 e. The van der Waals surface area contributed by atoms with Crippen LogP contribution in [0.1, 0.15) is 69.8 Å². The average molecular weight is 674 g/mol. The summed E-state index contributed by atoms with van der Waals surface area (Å²) in [6, 6.07) is 13.6. The summed E-state index contributed by atoms with van der Waals surface area (Å²) in [5.74, 6) is 0.818. The highest BCUT2D eigenvalue weighted by Gasteiger charge is 2.39. The molecule has 1 aliphatic heterocycles. The van der Waals surface area contributed by atoms with Crippen molar-refractivity contribution in [2.24, 2.45) is 4.99 Å². The van der Waals surface area contributed by atoms with Gasteiger partial charge in [-0.1, -0.05) is 56.7 Å². The van der Waals surface area contributed by atoms with Crippen LogP contribution >= 0.6 is 34.4 Å². The van der Waals surface area contributed by atoms with Crippen LogP contribution < -0.4 is 14.8 Å². The maximum atomic E-state index is 13.7. The predicted molar refractivity (Wildman–Crippen MR) is 170 cm³/mol. The van der Waals surface area contributed by atoms with Gasteiger partial charge < -0.3 is 14.8 Å². The Balaban J connectivity index is 1.34. The third-order valence-electron chi connectivity index (χ3n) is 7.60. The van der Waals surface area contributed by atoms with Gasteiger partial charge in [0.25, 0.3) is 11.8 Å². The Kier molecular flexibility index (Phi) is 10.1. The van der Waals surface area contributed by atoms with Crippen LogP contribution in [0.25, 0.3) is 6.08 Å². The van der Waals surface area contributed by atoms with Crippen LogP contribution in [0.5, 0.6) is 11.5 Å². The fourth-order valence-corrected chi connectivity index (χ4v) is 7.47. The summed E-state index contributed by atoms with van der Waals surface area (Å²) in [7, 11) is 1.58. The van der Waals surface area contributed by atoms with E-state index in [0.29, 0.717) is 28.1 Å². The Morgan fingerprint density at radius 2 is 1.77 bits per heavy atom. The number of carbonyl (C=O) groups excluding carboxylic acids is 2. The molecule has 0 spiro atoms. The summed E-state index contributed by atoms with van der Waals surface area (Å²) >= 11 is 3.69. The maximum absolute atomic E-state index is 13.7. The number of nitrogens with one attached hydrogen (secondary N) is 1. The molecular formula is C31H36IN3O4S.